The second kappa shape index (κ2) is 4.16. The number of nitrogens with zero attached hydrogens (tertiary/aromatic N) is 1. The summed E-state index contributed by atoms with van der Waals surface area (Å²) >= 11 is 0. The molecule has 1 atom stereocenters. The normalized spacial score (nSPS) is 22.2. The minimum atomic E-state index is -1.77. The Kier molecular flexibility index (Phi) is 3.31. The molecule has 1 rings (SSSR count). The molecule has 0 spiro atoms. The minimum absolute atomic E-state index is 0.0943. The van der Waals surface area contributed by atoms with Crippen LogP contribution in [0, 0.1) is 5.92 Å². The summed E-state index contributed by atoms with van der Waals surface area (Å²) in [7, 11) is 0. The van der Waals surface area contributed by atoms with E-state index in [-0.39, 0.29) is 31.2 Å². The van der Waals surface area contributed by atoms with Crippen molar-refractivity contribution in [3.63, 3.8) is 0 Å². The van der Waals surface area contributed by atoms with E-state index < -0.39 is 11.7 Å². The average Bonchev–Trinajstić information content (AvgIpc) is 2.26. The molecule has 6 heteroatoms. The Morgan fingerprint density at radius 3 is 2.73 bits per heavy atom. The molecule has 2 amide bonds. The van der Waals surface area contributed by atoms with Gasteiger partial charge < -0.3 is 20.8 Å². The van der Waals surface area contributed by atoms with Crippen LogP contribution in [-0.2, 0) is 9.59 Å². The van der Waals surface area contributed by atoms with Crippen molar-refractivity contribution in [2.75, 3.05) is 13.1 Å². The van der Waals surface area contributed by atoms with Crippen molar-refractivity contribution in [2.24, 2.45) is 11.7 Å². The molecule has 0 aromatic rings. The maximum Gasteiger partial charge on any atom is 0.237 e. The standard InChI is InChI=1S/C9H16N2O4/c1-9(14,15)3-6-2-8(13)11(4-6)5-7(10)12/h6,14-15H,2-5H2,1H3,(H2,10,12). The molecular weight excluding hydrogens is 200 g/mol. The van der Waals surface area contributed by atoms with Crippen molar-refractivity contribution >= 4 is 11.8 Å². The van der Waals surface area contributed by atoms with Gasteiger partial charge in [-0.1, -0.05) is 0 Å². The van der Waals surface area contributed by atoms with E-state index in [9.17, 15) is 9.59 Å². The molecule has 0 aliphatic carbocycles. The van der Waals surface area contributed by atoms with Crippen LogP contribution in [0.25, 0.3) is 0 Å². The van der Waals surface area contributed by atoms with E-state index in [0.29, 0.717) is 6.54 Å². The number of aliphatic hydroxyl groups is 2. The smallest absolute Gasteiger partial charge is 0.237 e. The Bertz CT molecular complexity index is 272. The molecule has 1 unspecified atom stereocenters. The van der Waals surface area contributed by atoms with Gasteiger partial charge in [0.1, 0.15) is 0 Å². The zero-order chi connectivity index (χ0) is 11.6. The molecule has 0 aromatic carbocycles. The predicted octanol–water partition coefficient (Wildman–Crippen LogP) is -1.59. The van der Waals surface area contributed by atoms with Crippen molar-refractivity contribution in [1.29, 1.82) is 0 Å². The number of primary amides is 1. The topological polar surface area (TPSA) is 104 Å². The molecular formula is C9H16N2O4. The highest BCUT2D eigenvalue weighted by Gasteiger charge is 2.34. The van der Waals surface area contributed by atoms with Crippen LogP contribution in [0.1, 0.15) is 19.8 Å². The van der Waals surface area contributed by atoms with Gasteiger partial charge in [0.25, 0.3) is 0 Å². The van der Waals surface area contributed by atoms with Crippen LogP contribution < -0.4 is 5.73 Å². The first-order valence-corrected chi connectivity index (χ1v) is 4.79. The third-order valence-electron chi connectivity index (χ3n) is 2.32. The minimum Gasteiger partial charge on any atom is -0.368 e. The second-order valence-electron chi connectivity index (χ2n) is 4.23. The maximum atomic E-state index is 11.4. The van der Waals surface area contributed by atoms with Crippen molar-refractivity contribution in [3.8, 4) is 0 Å². The lowest BCUT2D eigenvalue weighted by atomic mass is 9.99. The summed E-state index contributed by atoms with van der Waals surface area (Å²) in [5, 5.41) is 18.3. The molecule has 0 saturated carbocycles. The molecule has 15 heavy (non-hydrogen) atoms. The Morgan fingerprint density at radius 1 is 1.67 bits per heavy atom. The van der Waals surface area contributed by atoms with Crippen LogP contribution in [0.5, 0.6) is 0 Å². The first kappa shape index (κ1) is 11.9. The van der Waals surface area contributed by atoms with Crippen LogP contribution in [0.3, 0.4) is 0 Å². The number of amides is 2. The van der Waals surface area contributed by atoms with Gasteiger partial charge >= 0.3 is 0 Å². The number of likely N-dealkylation sites (tertiary alicyclic amines) is 1. The zero-order valence-corrected chi connectivity index (χ0v) is 8.64. The highest BCUT2D eigenvalue weighted by atomic mass is 16.5. The number of rotatable bonds is 4. The Balaban J connectivity index is 2.49. The summed E-state index contributed by atoms with van der Waals surface area (Å²) in [4.78, 5) is 23.3. The molecule has 1 heterocycles. The van der Waals surface area contributed by atoms with Crippen LogP contribution in [0.4, 0.5) is 0 Å². The molecule has 0 bridgehead atoms. The van der Waals surface area contributed by atoms with E-state index in [0.717, 1.165) is 0 Å². The zero-order valence-electron chi connectivity index (χ0n) is 8.64. The molecule has 0 aromatic heterocycles. The quantitative estimate of drug-likeness (QED) is 0.493. The number of hydrogen-bond donors (Lipinski definition) is 3. The van der Waals surface area contributed by atoms with Crippen LogP contribution >= 0.6 is 0 Å². The van der Waals surface area contributed by atoms with Gasteiger partial charge in [0, 0.05) is 19.4 Å². The lowest BCUT2D eigenvalue weighted by molar-refractivity contribution is -0.157. The van der Waals surface area contributed by atoms with Gasteiger partial charge in [-0.3, -0.25) is 9.59 Å². The van der Waals surface area contributed by atoms with Gasteiger partial charge in [-0.25, -0.2) is 0 Å². The van der Waals surface area contributed by atoms with Crippen LogP contribution in [0.2, 0.25) is 0 Å². The van der Waals surface area contributed by atoms with Crippen molar-refractivity contribution < 1.29 is 19.8 Å². The summed E-state index contributed by atoms with van der Waals surface area (Å²) in [6.07, 6.45) is 0.359. The highest BCUT2D eigenvalue weighted by Crippen LogP contribution is 2.24. The van der Waals surface area contributed by atoms with Crippen molar-refractivity contribution in [2.45, 2.75) is 25.6 Å². The number of nitrogens with two attached hydrogens (primary N) is 1. The third-order valence-corrected chi connectivity index (χ3v) is 2.32. The fourth-order valence-corrected chi connectivity index (χ4v) is 1.88. The maximum absolute atomic E-state index is 11.4. The van der Waals surface area contributed by atoms with Crippen molar-refractivity contribution in [3.05, 3.63) is 0 Å². The third kappa shape index (κ3) is 3.85. The fourth-order valence-electron chi connectivity index (χ4n) is 1.88. The SMILES string of the molecule is CC(O)(O)CC1CC(=O)N(CC(N)=O)C1. The van der Waals surface area contributed by atoms with Gasteiger partial charge in [0.05, 0.1) is 6.54 Å². The number of carbonyl (C=O) groups excluding carboxylic acids is 2. The van der Waals surface area contributed by atoms with Gasteiger partial charge in [-0.15, -0.1) is 0 Å². The average molecular weight is 216 g/mol. The molecule has 1 aliphatic heterocycles. The van der Waals surface area contributed by atoms with Gasteiger partial charge in [0.15, 0.2) is 5.79 Å². The van der Waals surface area contributed by atoms with E-state index >= 15 is 0 Å². The molecule has 1 saturated heterocycles. The van der Waals surface area contributed by atoms with Gasteiger partial charge in [-0.05, 0) is 12.8 Å². The Morgan fingerprint density at radius 2 is 2.27 bits per heavy atom. The highest BCUT2D eigenvalue weighted by molar-refractivity contribution is 5.85. The summed E-state index contributed by atoms with van der Waals surface area (Å²) in [5.74, 6) is -2.62. The largest absolute Gasteiger partial charge is 0.368 e. The predicted molar refractivity (Wildman–Crippen MR) is 51.3 cm³/mol. The summed E-state index contributed by atoms with van der Waals surface area (Å²) in [6, 6.07) is 0. The molecule has 1 aliphatic rings. The number of hydrogen-bond acceptors (Lipinski definition) is 4. The monoisotopic (exact) mass is 216 g/mol. The molecule has 6 nitrogen and oxygen atoms in total. The lowest BCUT2D eigenvalue weighted by Gasteiger charge is -2.20. The molecule has 0 radical (unpaired) electrons. The summed E-state index contributed by atoms with van der Waals surface area (Å²) < 4.78 is 0. The summed E-state index contributed by atoms with van der Waals surface area (Å²) in [5.41, 5.74) is 4.98. The van der Waals surface area contributed by atoms with E-state index in [1.165, 1.54) is 11.8 Å². The Hall–Kier alpha value is -1.14. The molecule has 1 fully saturated rings. The van der Waals surface area contributed by atoms with E-state index in [1.807, 2.05) is 0 Å². The van der Waals surface area contributed by atoms with E-state index in [4.69, 9.17) is 15.9 Å². The van der Waals surface area contributed by atoms with Gasteiger partial charge in [0.2, 0.25) is 11.8 Å². The lowest BCUT2D eigenvalue weighted by Crippen LogP contribution is -2.35. The molecule has 86 valence electrons. The first-order chi connectivity index (χ1) is 6.78. The van der Waals surface area contributed by atoms with Crippen molar-refractivity contribution in [1.82, 2.24) is 4.90 Å². The Labute approximate surface area is 87.7 Å². The van der Waals surface area contributed by atoms with Crippen LogP contribution in [0.15, 0.2) is 0 Å². The first-order valence-electron chi connectivity index (χ1n) is 4.79. The van der Waals surface area contributed by atoms with Gasteiger partial charge in [-0.2, -0.15) is 0 Å². The van der Waals surface area contributed by atoms with E-state index in [1.54, 1.807) is 0 Å². The van der Waals surface area contributed by atoms with E-state index in [2.05, 4.69) is 0 Å². The van der Waals surface area contributed by atoms with Crippen LogP contribution in [-0.4, -0.2) is 45.8 Å². The molecule has 4 N–H and O–H groups in total. The summed E-state index contributed by atoms with van der Waals surface area (Å²) in [6.45, 7) is 1.54. The fraction of sp³-hybridized carbons (Fsp3) is 0.778. The second-order valence-corrected chi connectivity index (χ2v) is 4.23. The number of carbonyl (C=O) groups is 2.